The summed E-state index contributed by atoms with van der Waals surface area (Å²) in [4.78, 5) is 11.7. The third-order valence-electron chi connectivity index (χ3n) is 4.58. The monoisotopic (exact) mass is 391 g/mol. The minimum absolute atomic E-state index is 0.380. The van der Waals surface area contributed by atoms with Crippen molar-refractivity contribution in [2.75, 3.05) is 13.6 Å². The summed E-state index contributed by atoms with van der Waals surface area (Å²) in [5, 5.41) is 7.43. The quantitative estimate of drug-likeness (QED) is 0.596. The van der Waals surface area contributed by atoms with Gasteiger partial charge in [0.1, 0.15) is 5.66 Å². The molecule has 0 saturated carbocycles. The van der Waals surface area contributed by atoms with Gasteiger partial charge in [-0.1, -0.05) is 62.8 Å². The number of benzene rings is 1. The molecule has 0 spiro atoms. The Labute approximate surface area is 169 Å². The fraction of sp³-hybridized carbons (Fsp3) is 0.619. The van der Waals surface area contributed by atoms with Crippen LogP contribution in [0.5, 0.6) is 0 Å². The number of nitrogens with one attached hydrogen (secondary N) is 2. The minimum atomic E-state index is -0.380. The molecule has 0 amide bonds. The summed E-state index contributed by atoms with van der Waals surface area (Å²) in [7, 11) is 2.09. The number of nitrogens with zero attached hydrogens (tertiary/aromatic N) is 3. The van der Waals surface area contributed by atoms with Crippen LogP contribution in [0, 0.1) is 0 Å². The Morgan fingerprint density at radius 3 is 2.44 bits per heavy atom. The van der Waals surface area contributed by atoms with Gasteiger partial charge in [-0.25, -0.2) is 9.98 Å². The highest BCUT2D eigenvalue weighted by molar-refractivity contribution is 6.30. The van der Waals surface area contributed by atoms with Crippen LogP contribution in [0.25, 0.3) is 0 Å². The number of halogens is 1. The van der Waals surface area contributed by atoms with Gasteiger partial charge < -0.3 is 10.2 Å². The van der Waals surface area contributed by atoms with Crippen molar-refractivity contribution in [1.29, 1.82) is 0 Å². The van der Waals surface area contributed by atoms with Gasteiger partial charge >= 0.3 is 0 Å². The van der Waals surface area contributed by atoms with E-state index in [1.165, 1.54) is 38.5 Å². The summed E-state index contributed by atoms with van der Waals surface area (Å²) in [6.07, 6.45) is 7.77. The highest BCUT2D eigenvalue weighted by Gasteiger charge is 2.26. The van der Waals surface area contributed by atoms with Crippen LogP contribution in [0.3, 0.4) is 0 Å². The average Bonchev–Trinajstić information content (AvgIpc) is 2.62. The maximum Gasteiger partial charge on any atom is 0.202 e. The number of unbranched alkanes of at least 4 members (excludes halogenated alkanes) is 5. The van der Waals surface area contributed by atoms with Gasteiger partial charge in [0.2, 0.25) is 5.96 Å². The van der Waals surface area contributed by atoms with Gasteiger partial charge in [0.15, 0.2) is 5.96 Å². The van der Waals surface area contributed by atoms with E-state index in [9.17, 15) is 0 Å². The largest absolute Gasteiger partial charge is 0.346 e. The molecule has 2 rings (SSSR count). The predicted octanol–water partition coefficient (Wildman–Crippen LogP) is 4.77. The standard InChI is InChI=1S/C21H34ClN5/c1-5-6-7-8-9-10-15-27(4)20-24-19(25-21(2,3)26-20)23-16-17-11-13-18(22)14-12-17/h11-14H,5-10,15-16H2,1-4H3,(H2,23,24,25,26). The second kappa shape index (κ2) is 10.5. The van der Waals surface area contributed by atoms with Crippen LogP contribution in [0.4, 0.5) is 0 Å². The molecule has 0 fully saturated rings. The Bertz CT molecular complexity index is 636. The van der Waals surface area contributed by atoms with Crippen LogP contribution in [-0.4, -0.2) is 36.1 Å². The van der Waals surface area contributed by atoms with Crippen LogP contribution < -0.4 is 10.6 Å². The molecule has 27 heavy (non-hydrogen) atoms. The third-order valence-corrected chi connectivity index (χ3v) is 4.83. The summed E-state index contributed by atoms with van der Waals surface area (Å²) in [5.74, 6) is 1.64. The van der Waals surface area contributed by atoms with Crippen molar-refractivity contribution >= 4 is 23.5 Å². The molecular weight excluding hydrogens is 358 g/mol. The Hall–Kier alpha value is -1.75. The van der Waals surface area contributed by atoms with Crippen molar-refractivity contribution in [2.45, 2.75) is 71.5 Å². The van der Waals surface area contributed by atoms with E-state index in [1.807, 2.05) is 24.3 Å². The molecule has 2 N–H and O–H groups in total. The molecule has 1 aliphatic heterocycles. The molecule has 150 valence electrons. The maximum atomic E-state index is 5.95. The van der Waals surface area contributed by atoms with E-state index >= 15 is 0 Å². The Morgan fingerprint density at radius 1 is 1.07 bits per heavy atom. The number of aliphatic imine (C=N–C) groups is 2. The Kier molecular flexibility index (Phi) is 8.42. The Balaban J connectivity index is 1.89. The zero-order valence-corrected chi connectivity index (χ0v) is 17.9. The third kappa shape index (κ3) is 7.79. The van der Waals surface area contributed by atoms with Crippen LogP contribution >= 0.6 is 11.6 Å². The van der Waals surface area contributed by atoms with E-state index < -0.39 is 0 Å². The van der Waals surface area contributed by atoms with Crippen LogP contribution in [0.2, 0.25) is 5.02 Å². The smallest absolute Gasteiger partial charge is 0.202 e. The molecule has 0 atom stereocenters. The van der Waals surface area contributed by atoms with E-state index in [2.05, 4.69) is 48.3 Å². The predicted molar refractivity (Wildman–Crippen MR) is 116 cm³/mol. The molecule has 1 aromatic rings. The molecule has 6 heteroatoms. The van der Waals surface area contributed by atoms with E-state index in [-0.39, 0.29) is 5.66 Å². The van der Waals surface area contributed by atoms with Crippen molar-refractivity contribution in [1.82, 2.24) is 15.5 Å². The summed E-state index contributed by atoms with van der Waals surface area (Å²) in [6, 6.07) is 7.79. The zero-order valence-electron chi connectivity index (χ0n) is 17.2. The molecular formula is C21H34ClN5. The average molecular weight is 392 g/mol. The number of rotatable bonds is 9. The minimum Gasteiger partial charge on any atom is -0.346 e. The van der Waals surface area contributed by atoms with Gasteiger partial charge in [-0.15, -0.1) is 0 Å². The highest BCUT2D eigenvalue weighted by Crippen LogP contribution is 2.13. The molecule has 0 aromatic heterocycles. The van der Waals surface area contributed by atoms with E-state index in [0.717, 1.165) is 29.0 Å². The molecule has 0 aliphatic carbocycles. The normalized spacial score (nSPS) is 17.2. The molecule has 0 unspecified atom stereocenters. The Morgan fingerprint density at radius 2 is 1.74 bits per heavy atom. The summed E-state index contributed by atoms with van der Waals surface area (Å²) >= 11 is 5.95. The highest BCUT2D eigenvalue weighted by atomic mass is 35.5. The van der Waals surface area contributed by atoms with Crippen LogP contribution in [-0.2, 0) is 6.54 Å². The van der Waals surface area contributed by atoms with Gasteiger partial charge in [-0.3, -0.25) is 5.32 Å². The molecule has 1 aromatic carbocycles. The van der Waals surface area contributed by atoms with Crippen molar-refractivity contribution < 1.29 is 0 Å². The number of hydrogen-bond acceptors (Lipinski definition) is 3. The first kappa shape index (κ1) is 21.5. The lowest BCUT2D eigenvalue weighted by molar-refractivity contribution is 0.412. The summed E-state index contributed by atoms with van der Waals surface area (Å²) in [6.45, 7) is 7.96. The fourth-order valence-corrected chi connectivity index (χ4v) is 3.13. The summed E-state index contributed by atoms with van der Waals surface area (Å²) < 4.78 is 0. The number of guanidine groups is 2. The zero-order chi connectivity index (χ0) is 19.7. The lowest BCUT2D eigenvalue weighted by Crippen LogP contribution is -2.59. The van der Waals surface area contributed by atoms with Crippen molar-refractivity contribution in [3.8, 4) is 0 Å². The second-order valence-electron chi connectivity index (χ2n) is 7.73. The first-order valence-corrected chi connectivity index (χ1v) is 10.4. The molecule has 0 bridgehead atoms. The van der Waals surface area contributed by atoms with E-state index in [4.69, 9.17) is 16.6 Å². The van der Waals surface area contributed by atoms with E-state index in [0.29, 0.717) is 6.54 Å². The molecule has 0 radical (unpaired) electrons. The lowest BCUT2D eigenvalue weighted by Gasteiger charge is -2.34. The van der Waals surface area contributed by atoms with Gasteiger partial charge in [-0.2, -0.15) is 0 Å². The van der Waals surface area contributed by atoms with Gasteiger partial charge in [0, 0.05) is 18.6 Å². The molecule has 1 aliphatic rings. The summed E-state index contributed by atoms with van der Waals surface area (Å²) in [5.41, 5.74) is 0.743. The van der Waals surface area contributed by atoms with Gasteiger partial charge in [-0.05, 0) is 38.0 Å². The molecule has 5 nitrogen and oxygen atoms in total. The first-order chi connectivity index (χ1) is 12.9. The lowest BCUT2D eigenvalue weighted by atomic mass is 10.1. The van der Waals surface area contributed by atoms with Gasteiger partial charge in [0.05, 0.1) is 6.54 Å². The van der Waals surface area contributed by atoms with Crippen molar-refractivity contribution in [3.63, 3.8) is 0 Å². The van der Waals surface area contributed by atoms with Crippen molar-refractivity contribution in [2.24, 2.45) is 9.98 Å². The van der Waals surface area contributed by atoms with Crippen molar-refractivity contribution in [3.05, 3.63) is 34.9 Å². The van der Waals surface area contributed by atoms with Crippen LogP contribution in [0.1, 0.15) is 64.9 Å². The topological polar surface area (TPSA) is 52.0 Å². The fourth-order valence-electron chi connectivity index (χ4n) is 3.00. The maximum absolute atomic E-state index is 5.95. The number of hydrogen-bond donors (Lipinski definition) is 2. The first-order valence-electron chi connectivity index (χ1n) is 10.0. The van der Waals surface area contributed by atoms with Crippen LogP contribution in [0.15, 0.2) is 34.3 Å². The van der Waals surface area contributed by atoms with E-state index in [1.54, 1.807) is 0 Å². The second-order valence-corrected chi connectivity index (χ2v) is 8.16. The molecule has 1 heterocycles. The SMILES string of the molecule is CCCCCCCCN(C)C1=NC(C)(C)NC(=NCc2ccc(Cl)cc2)N1. The molecule has 0 saturated heterocycles. The van der Waals surface area contributed by atoms with Gasteiger partial charge in [0.25, 0.3) is 0 Å².